The molecule has 29 heavy (non-hydrogen) atoms. The minimum absolute atomic E-state index is 0.0245. The first kappa shape index (κ1) is 19.3. The minimum atomic E-state index is -0.486. The number of amides is 3. The number of β-lactam (4-membered cyclic amide) rings is 1. The number of ether oxygens (including phenoxy) is 1. The second-order valence-electron chi connectivity index (χ2n) is 7.26. The Bertz CT molecular complexity index is 887. The lowest BCUT2D eigenvalue weighted by Crippen LogP contribution is -2.64. The number of pyridine rings is 1. The highest BCUT2D eigenvalue weighted by atomic mass is 19.1. The number of nitrogens with one attached hydrogen (secondary N) is 1. The highest BCUT2D eigenvalue weighted by Crippen LogP contribution is 2.40. The summed E-state index contributed by atoms with van der Waals surface area (Å²) in [6.07, 6.45) is 4.25. The average molecular weight is 398 g/mol. The van der Waals surface area contributed by atoms with Crippen molar-refractivity contribution in [2.45, 2.75) is 31.0 Å². The minimum Gasteiger partial charge on any atom is -0.369 e. The van der Waals surface area contributed by atoms with Crippen molar-refractivity contribution in [2.24, 2.45) is 0 Å². The van der Waals surface area contributed by atoms with Crippen LogP contribution in [-0.4, -0.2) is 59.1 Å². The number of methoxy groups -OCH3 is 1. The fourth-order valence-electron chi connectivity index (χ4n) is 4.12. The van der Waals surface area contributed by atoms with Gasteiger partial charge in [0.05, 0.1) is 11.7 Å². The summed E-state index contributed by atoms with van der Waals surface area (Å²) in [6, 6.07) is 9.44. The third-order valence-electron chi connectivity index (χ3n) is 5.65. The Morgan fingerprint density at radius 1 is 1.17 bits per heavy atom. The number of aromatic nitrogens is 1. The number of urea groups is 1. The highest BCUT2D eigenvalue weighted by Gasteiger charge is 2.51. The van der Waals surface area contributed by atoms with E-state index in [4.69, 9.17) is 4.74 Å². The van der Waals surface area contributed by atoms with Crippen molar-refractivity contribution in [1.82, 2.24) is 14.8 Å². The van der Waals surface area contributed by atoms with Gasteiger partial charge in [-0.1, -0.05) is 12.1 Å². The second-order valence-corrected chi connectivity index (χ2v) is 7.26. The molecule has 2 unspecified atom stereocenters. The van der Waals surface area contributed by atoms with Gasteiger partial charge in [-0.3, -0.25) is 9.78 Å². The van der Waals surface area contributed by atoms with Gasteiger partial charge in [0.1, 0.15) is 5.82 Å². The molecule has 2 atom stereocenters. The number of rotatable bonds is 4. The van der Waals surface area contributed by atoms with Gasteiger partial charge in [-0.15, -0.1) is 0 Å². The van der Waals surface area contributed by atoms with Gasteiger partial charge >= 0.3 is 6.03 Å². The van der Waals surface area contributed by atoms with Crippen LogP contribution in [0.25, 0.3) is 0 Å². The van der Waals surface area contributed by atoms with Gasteiger partial charge in [-0.2, -0.15) is 0 Å². The van der Waals surface area contributed by atoms with Gasteiger partial charge in [-0.05, 0) is 42.7 Å². The van der Waals surface area contributed by atoms with Crippen molar-refractivity contribution >= 4 is 17.6 Å². The lowest BCUT2D eigenvalue weighted by molar-refractivity contribution is -0.178. The third kappa shape index (κ3) is 3.67. The fourth-order valence-corrected chi connectivity index (χ4v) is 4.12. The van der Waals surface area contributed by atoms with Crippen LogP contribution >= 0.6 is 0 Å². The molecule has 2 fully saturated rings. The van der Waals surface area contributed by atoms with Crippen molar-refractivity contribution in [3.05, 3.63) is 60.2 Å². The maximum absolute atomic E-state index is 13.8. The van der Waals surface area contributed by atoms with E-state index in [9.17, 15) is 14.0 Å². The monoisotopic (exact) mass is 398 g/mol. The molecule has 0 bridgehead atoms. The first-order valence-corrected chi connectivity index (χ1v) is 9.65. The number of hydrogen-bond acceptors (Lipinski definition) is 4. The van der Waals surface area contributed by atoms with Gasteiger partial charge in [0.15, 0.2) is 6.10 Å². The van der Waals surface area contributed by atoms with E-state index in [0.717, 1.165) is 5.56 Å². The summed E-state index contributed by atoms with van der Waals surface area (Å²) in [7, 11) is 1.55. The number of piperidine rings is 1. The molecule has 3 heterocycles. The van der Waals surface area contributed by atoms with Crippen LogP contribution in [0.3, 0.4) is 0 Å². The first-order chi connectivity index (χ1) is 14.1. The predicted molar refractivity (Wildman–Crippen MR) is 105 cm³/mol. The normalized spacial score (nSPS) is 22.3. The lowest BCUT2D eigenvalue weighted by atomic mass is 9.86. The SMILES string of the molecule is COC1C(=O)N(C2CCN(C(=O)Nc3ccccc3F)CC2)C1c1ccncc1. The predicted octanol–water partition coefficient (Wildman–Crippen LogP) is 2.82. The number of anilines is 1. The van der Waals surface area contributed by atoms with Crippen LogP contribution in [0.15, 0.2) is 48.8 Å². The number of hydrogen-bond donors (Lipinski definition) is 1. The summed E-state index contributed by atoms with van der Waals surface area (Å²) in [6.45, 7) is 0.991. The van der Waals surface area contributed by atoms with Gasteiger partial charge in [0, 0.05) is 38.6 Å². The number of carbonyl (C=O) groups excluding carboxylic acids is 2. The zero-order valence-corrected chi connectivity index (χ0v) is 16.1. The maximum atomic E-state index is 13.8. The maximum Gasteiger partial charge on any atom is 0.321 e. The molecule has 2 aromatic rings. The summed E-state index contributed by atoms with van der Waals surface area (Å²) in [4.78, 5) is 32.7. The Morgan fingerprint density at radius 2 is 1.86 bits per heavy atom. The molecule has 8 heteroatoms. The molecule has 1 aromatic heterocycles. The van der Waals surface area contributed by atoms with Gasteiger partial charge in [-0.25, -0.2) is 9.18 Å². The third-order valence-corrected chi connectivity index (χ3v) is 5.65. The standard InChI is InChI=1S/C21H23FN4O3/c1-29-19-18(14-6-10-23-11-7-14)26(20(19)27)15-8-12-25(13-9-15)21(28)24-17-5-3-2-4-16(17)22/h2-7,10-11,15,18-19H,8-9,12-13H2,1H3,(H,24,28). The molecule has 0 aliphatic carbocycles. The largest absolute Gasteiger partial charge is 0.369 e. The summed E-state index contributed by atoms with van der Waals surface area (Å²) in [5.74, 6) is -0.490. The van der Waals surface area contributed by atoms with Gasteiger partial charge in [0.2, 0.25) is 0 Å². The molecule has 7 nitrogen and oxygen atoms in total. The molecule has 2 aliphatic rings. The Kier molecular flexibility index (Phi) is 5.44. The van der Waals surface area contributed by atoms with E-state index in [0.29, 0.717) is 25.9 Å². The number of nitrogens with zero attached hydrogens (tertiary/aromatic N) is 3. The summed E-state index contributed by atoms with van der Waals surface area (Å²) >= 11 is 0. The topological polar surface area (TPSA) is 74.8 Å². The van der Waals surface area contributed by atoms with Gasteiger partial charge in [0.25, 0.3) is 5.91 Å². The van der Waals surface area contributed by atoms with E-state index >= 15 is 0 Å². The summed E-state index contributed by atoms with van der Waals surface area (Å²) in [5.41, 5.74) is 1.16. The molecule has 0 saturated carbocycles. The van der Waals surface area contributed by atoms with Crippen LogP contribution in [0.4, 0.5) is 14.9 Å². The van der Waals surface area contributed by atoms with E-state index in [1.165, 1.54) is 12.1 Å². The molecule has 3 amide bonds. The number of benzene rings is 1. The molecule has 152 valence electrons. The molecule has 1 aromatic carbocycles. The molecule has 1 N–H and O–H groups in total. The van der Waals surface area contributed by atoms with Crippen molar-refractivity contribution in [3.63, 3.8) is 0 Å². The quantitative estimate of drug-likeness (QED) is 0.804. The van der Waals surface area contributed by atoms with E-state index in [-0.39, 0.29) is 29.7 Å². The van der Waals surface area contributed by atoms with Crippen molar-refractivity contribution in [2.75, 3.05) is 25.5 Å². The molecule has 2 aliphatic heterocycles. The van der Waals surface area contributed by atoms with Crippen LogP contribution in [0.5, 0.6) is 0 Å². The summed E-state index contributed by atoms with van der Waals surface area (Å²) in [5, 5.41) is 2.62. The molecule has 0 spiro atoms. The fraction of sp³-hybridized carbons (Fsp3) is 0.381. The van der Waals surface area contributed by atoms with Crippen LogP contribution in [0.1, 0.15) is 24.4 Å². The first-order valence-electron chi connectivity index (χ1n) is 9.65. The Labute approximate surface area is 168 Å². The van der Waals surface area contributed by atoms with Crippen LogP contribution in [0.2, 0.25) is 0 Å². The zero-order chi connectivity index (χ0) is 20.4. The molecular weight excluding hydrogens is 375 g/mol. The van der Waals surface area contributed by atoms with E-state index < -0.39 is 11.9 Å². The van der Waals surface area contributed by atoms with Crippen LogP contribution in [-0.2, 0) is 9.53 Å². The van der Waals surface area contributed by atoms with Crippen molar-refractivity contribution in [3.8, 4) is 0 Å². The highest BCUT2D eigenvalue weighted by molar-refractivity contribution is 5.90. The van der Waals surface area contributed by atoms with Crippen LogP contribution in [0, 0.1) is 5.82 Å². The molecule has 2 saturated heterocycles. The smallest absolute Gasteiger partial charge is 0.321 e. The molecule has 4 rings (SSSR count). The van der Waals surface area contributed by atoms with E-state index in [1.54, 1.807) is 36.5 Å². The number of halogens is 1. The summed E-state index contributed by atoms with van der Waals surface area (Å²) < 4.78 is 19.2. The molecular formula is C21H23FN4O3. The van der Waals surface area contributed by atoms with Gasteiger partial charge < -0.3 is 19.9 Å². The zero-order valence-electron chi connectivity index (χ0n) is 16.1. The van der Waals surface area contributed by atoms with Crippen molar-refractivity contribution in [1.29, 1.82) is 0 Å². The van der Waals surface area contributed by atoms with E-state index in [1.807, 2.05) is 17.0 Å². The van der Waals surface area contributed by atoms with Crippen molar-refractivity contribution < 1.29 is 18.7 Å². The lowest BCUT2D eigenvalue weighted by Gasteiger charge is -2.52. The second kappa shape index (κ2) is 8.16. The number of carbonyl (C=O) groups is 2. The Morgan fingerprint density at radius 3 is 2.52 bits per heavy atom. The Balaban J connectivity index is 1.39. The number of para-hydroxylation sites is 1. The van der Waals surface area contributed by atoms with Crippen LogP contribution < -0.4 is 5.32 Å². The molecule has 0 radical (unpaired) electrons. The average Bonchev–Trinajstić information content (AvgIpc) is 2.75. The van der Waals surface area contributed by atoms with E-state index in [2.05, 4.69) is 10.3 Å². The number of likely N-dealkylation sites (tertiary alicyclic amines) is 2. The Hall–Kier alpha value is -3.00.